The molecule has 1 saturated carbocycles. The van der Waals surface area contributed by atoms with Gasteiger partial charge in [0.15, 0.2) is 0 Å². The van der Waals surface area contributed by atoms with Crippen LogP contribution in [0, 0.1) is 0 Å². The Morgan fingerprint density at radius 3 is 1.43 bits per heavy atom. The van der Waals surface area contributed by atoms with E-state index in [-0.39, 0.29) is 13.0 Å². The number of allylic oxidation sites excluding steroid dienone is 6. The lowest BCUT2D eigenvalue weighted by molar-refractivity contribution is -0.220. The summed E-state index contributed by atoms with van der Waals surface area (Å²) in [6, 6.07) is 0. The summed E-state index contributed by atoms with van der Waals surface area (Å²) >= 11 is 0. The first kappa shape index (κ1) is 57.6. The van der Waals surface area contributed by atoms with Gasteiger partial charge in [0.25, 0.3) is 0 Å². The Bertz CT molecular complexity index is 1150. The summed E-state index contributed by atoms with van der Waals surface area (Å²) in [5.41, 5.74) is 0. The van der Waals surface area contributed by atoms with E-state index >= 15 is 0 Å². The van der Waals surface area contributed by atoms with Crippen LogP contribution in [0.15, 0.2) is 36.5 Å². The monoisotopic (exact) mass is 889 g/mol. The van der Waals surface area contributed by atoms with Crippen LogP contribution in [0.5, 0.6) is 0 Å². The molecule has 0 spiro atoms. The highest BCUT2D eigenvalue weighted by Crippen LogP contribution is 2.47. The van der Waals surface area contributed by atoms with E-state index in [4.69, 9.17) is 18.5 Å². The van der Waals surface area contributed by atoms with E-state index < -0.39 is 63.1 Å². The van der Waals surface area contributed by atoms with Gasteiger partial charge in [-0.3, -0.25) is 13.8 Å². The van der Waals surface area contributed by atoms with Gasteiger partial charge in [-0.2, -0.15) is 0 Å². The maximum atomic E-state index is 12.8. The van der Waals surface area contributed by atoms with Crippen molar-refractivity contribution in [1.29, 1.82) is 0 Å². The average molecular weight is 889 g/mol. The van der Waals surface area contributed by atoms with Gasteiger partial charge in [-0.1, -0.05) is 159 Å². The van der Waals surface area contributed by atoms with E-state index in [1.54, 1.807) is 0 Å². The molecule has 1 aliphatic carbocycles. The normalized spacial score (nSPS) is 22.4. The van der Waals surface area contributed by atoms with Gasteiger partial charge in [-0.05, 0) is 70.6 Å². The molecule has 0 aliphatic heterocycles. The van der Waals surface area contributed by atoms with Crippen LogP contribution in [0.4, 0.5) is 0 Å². The maximum absolute atomic E-state index is 12.8. The SMILES string of the molecule is CCCCC/C=C\C/C=C\CCCCCCCCOCC(COP(=O)(O)OC1C(O)C(O)C(O)C(O)C1O)OC(=O)CCCCCCCCC/C=C\CCCCCCCCC. The van der Waals surface area contributed by atoms with Crippen LogP contribution in [-0.4, -0.2) is 98.9 Å². The standard InChI is InChI=1S/C48H89O12P/c1-3-5-7-9-11-13-15-17-19-21-22-23-25-27-29-31-33-35-37-42(49)59-41(40-58-61(55,56)60-48-46(53)44(51)43(50)45(52)47(48)54)39-57-38-36-34-32-30-28-26-24-20-18-16-14-12-10-8-6-4-2/h12,14,18-21,41,43-48,50-54H,3-11,13,15-17,22-40H2,1-2H3,(H,55,56)/b14-12-,20-18-,21-19-. The van der Waals surface area contributed by atoms with E-state index in [0.29, 0.717) is 13.0 Å². The Morgan fingerprint density at radius 1 is 0.525 bits per heavy atom. The van der Waals surface area contributed by atoms with Crippen molar-refractivity contribution in [1.82, 2.24) is 0 Å². The summed E-state index contributed by atoms with van der Waals surface area (Å²) < 4.78 is 34.2. The molecule has 1 fully saturated rings. The van der Waals surface area contributed by atoms with Crippen molar-refractivity contribution in [3.8, 4) is 0 Å². The van der Waals surface area contributed by atoms with Gasteiger partial charge in [-0.25, -0.2) is 4.57 Å². The summed E-state index contributed by atoms with van der Waals surface area (Å²) in [6.07, 6.45) is 33.5. The van der Waals surface area contributed by atoms with Crippen molar-refractivity contribution >= 4 is 13.8 Å². The van der Waals surface area contributed by atoms with Gasteiger partial charge in [0, 0.05) is 13.0 Å². The third-order valence-corrected chi connectivity index (χ3v) is 12.2. The molecular weight excluding hydrogens is 799 g/mol. The number of unbranched alkanes of at least 4 members (excludes halogenated alkanes) is 23. The zero-order chi connectivity index (χ0) is 44.8. The van der Waals surface area contributed by atoms with Crippen molar-refractivity contribution in [2.75, 3.05) is 19.8 Å². The number of aliphatic hydroxyl groups is 5. The number of phosphoric acid groups is 1. The lowest BCUT2D eigenvalue weighted by atomic mass is 9.85. The lowest BCUT2D eigenvalue weighted by Gasteiger charge is -2.41. The molecule has 0 aromatic heterocycles. The quantitative estimate of drug-likeness (QED) is 0.0148. The summed E-state index contributed by atoms with van der Waals surface area (Å²) in [6.45, 7) is 4.22. The predicted octanol–water partition coefficient (Wildman–Crippen LogP) is 10.3. The number of carbonyl (C=O) groups is 1. The molecule has 6 unspecified atom stereocenters. The van der Waals surface area contributed by atoms with Gasteiger partial charge < -0.3 is 39.9 Å². The van der Waals surface area contributed by atoms with Crippen LogP contribution in [0.3, 0.4) is 0 Å². The number of hydrogen-bond donors (Lipinski definition) is 6. The molecule has 6 N–H and O–H groups in total. The fourth-order valence-corrected chi connectivity index (χ4v) is 8.29. The van der Waals surface area contributed by atoms with E-state index in [0.717, 1.165) is 70.6 Å². The molecule has 12 nitrogen and oxygen atoms in total. The molecule has 0 bridgehead atoms. The minimum Gasteiger partial charge on any atom is -0.457 e. The Labute approximate surface area is 370 Å². The largest absolute Gasteiger partial charge is 0.472 e. The fraction of sp³-hybridized carbons (Fsp3) is 0.854. The highest BCUT2D eigenvalue weighted by Gasteiger charge is 2.51. The molecule has 61 heavy (non-hydrogen) atoms. The molecule has 1 rings (SSSR count). The second-order valence-corrected chi connectivity index (χ2v) is 18.4. The first-order chi connectivity index (χ1) is 29.5. The number of carbonyl (C=O) groups excluding carboxylic acids is 1. The summed E-state index contributed by atoms with van der Waals surface area (Å²) in [5.74, 6) is -0.485. The van der Waals surface area contributed by atoms with Gasteiger partial charge in [0.1, 0.15) is 42.7 Å². The highest BCUT2D eigenvalue weighted by atomic mass is 31.2. The number of esters is 1. The minimum absolute atomic E-state index is 0.0847. The van der Waals surface area contributed by atoms with Crippen molar-refractivity contribution in [3.63, 3.8) is 0 Å². The van der Waals surface area contributed by atoms with Crippen molar-refractivity contribution < 1.29 is 58.3 Å². The fourth-order valence-electron chi connectivity index (χ4n) is 7.32. The lowest BCUT2D eigenvalue weighted by Crippen LogP contribution is -2.64. The highest BCUT2D eigenvalue weighted by molar-refractivity contribution is 7.47. The van der Waals surface area contributed by atoms with Crippen LogP contribution >= 0.6 is 7.82 Å². The number of aliphatic hydroxyl groups excluding tert-OH is 5. The van der Waals surface area contributed by atoms with Crippen LogP contribution in [-0.2, 0) is 27.9 Å². The smallest absolute Gasteiger partial charge is 0.457 e. The average Bonchev–Trinajstić information content (AvgIpc) is 3.24. The summed E-state index contributed by atoms with van der Waals surface area (Å²) in [4.78, 5) is 23.2. The topological polar surface area (TPSA) is 192 Å². The molecule has 1 aliphatic rings. The molecular formula is C48H89O12P. The van der Waals surface area contributed by atoms with Gasteiger partial charge >= 0.3 is 13.8 Å². The van der Waals surface area contributed by atoms with Crippen molar-refractivity contribution in [3.05, 3.63) is 36.5 Å². The van der Waals surface area contributed by atoms with Gasteiger partial charge in [0.2, 0.25) is 0 Å². The number of phosphoric ester groups is 1. The van der Waals surface area contributed by atoms with E-state index in [1.807, 2.05) is 0 Å². The summed E-state index contributed by atoms with van der Waals surface area (Å²) in [7, 11) is -5.02. The van der Waals surface area contributed by atoms with E-state index in [9.17, 15) is 39.8 Å². The molecule has 13 heteroatoms. The second-order valence-electron chi connectivity index (χ2n) is 17.0. The van der Waals surface area contributed by atoms with E-state index in [1.165, 1.54) is 103 Å². The van der Waals surface area contributed by atoms with Crippen LogP contribution in [0.2, 0.25) is 0 Å². The van der Waals surface area contributed by atoms with Crippen LogP contribution in [0.25, 0.3) is 0 Å². The zero-order valence-corrected chi connectivity index (χ0v) is 39.1. The Hall–Kier alpha value is -1.44. The van der Waals surface area contributed by atoms with E-state index in [2.05, 4.69) is 50.3 Å². The molecule has 0 radical (unpaired) electrons. The third-order valence-electron chi connectivity index (χ3n) is 11.2. The van der Waals surface area contributed by atoms with Crippen LogP contribution < -0.4 is 0 Å². The molecule has 0 aromatic rings. The molecule has 0 saturated heterocycles. The number of ether oxygens (including phenoxy) is 2. The minimum atomic E-state index is -5.02. The predicted molar refractivity (Wildman–Crippen MR) is 244 cm³/mol. The maximum Gasteiger partial charge on any atom is 0.472 e. The van der Waals surface area contributed by atoms with Crippen molar-refractivity contribution in [2.45, 2.75) is 243 Å². The van der Waals surface area contributed by atoms with Crippen LogP contribution in [0.1, 0.15) is 200 Å². The van der Waals surface area contributed by atoms with Crippen molar-refractivity contribution in [2.24, 2.45) is 0 Å². The Morgan fingerprint density at radius 2 is 0.918 bits per heavy atom. The number of hydrogen-bond acceptors (Lipinski definition) is 11. The second kappa shape index (κ2) is 39.0. The molecule has 0 aromatic carbocycles. The number of rotatable bonds is 41. The molecule has 0 heterocycles. The molecule has 358 valence electrons. The first-order valence-corrected chi connectivity index (χ1v) is 25.8. The first-order valence-electron chi connectivity index (χ1n) is 24.3. The third kappa shape index (κ3) is 31.1. The Balaban J connectivity index is 2.38. The molecule has 0 amide bonds. The summed E-state index contributed by atoms with van der Waals surface area (Å²) in [5, 5.41) is 50.2. The Kier molecular flexibility index (Phi) is 36.8. The molecule has 6 atom stereocenters. The van der Waals surface area contributed by atoms with Gasteiger partial charge in [-0.15, -0.1) is 0 Å². The zero-order valence-electron chi connectivity index (χ0n) is 38.2. The van der Waals surface area contributed by atoms with Gasteiger partial charge in [0.05, 0.1) is 13.2 Å².